The van der Waals surface area contributed by atoms with Crippen LogP contribution < -0.4 is 0 Å². The summed E-state index contributed by atoms with van der Waals surface area (Å²) in [6.45, 7) is 5.36. The van der Waals surface area contributed by atoms with Crippen molar-refractivity contribution in [2.75, 3.05) is 59.0 Å². The van der Waals surface area contributed by atoms with Gasteiger partial charge in [-0.25, -0.2) is 4.79 Å². The molecule has 0 spiro atoms. The molecule has 3 rings (SSSR count). The van der Waals surface area contributed by atoms with Crippen LogP contribution in [-0.2, 0) is 20.7 Å². The van der Waals surface area contributed by atoms with Crippen LogP contribution in [-0.4, -0.2) is 96.6 Å². The SMILES string of the molecule is O=C(O)c1cccc(CC(=O)N2CCN(C(=O)CN3CCOCC3)CC2)c1. The average molecular weight is 375 g/mol. The fraction of sp³-hybridized carbons (Fsp3) is 0.526. The Morgan fingerprint density at radius 2 is 1.56 bits per heavy atom. The van der Waals surface area contributed by atoms with Gasteiger partial charge in [-0.2, -0.15) is 0 Å². The Labute approximate surface area is 158 Å². The summed E-state index contributed by atoms with van der Waals surface area (Å²) in [7, 11) is 0. The smallest absolute Gasteiger partial charge is 0.335 e. The van der Waals surface area contributed by atoms with Gasteiger partial charge in [-0.1, -0.05) is 12.1 Å². The first kappa shape index (κ1) is 19.3. The first-order valence-corrected chi connectivity index (χ1v) is 9.21. The van der Waals surface area contributed by atoms with Crippen LogP contribution in [0.4, 0.5) is 0 Å². The number of nitrogens with zero attached hydrogens (tertiary/aromatic N) is 3. The van der Waals surface area contributed by atoms with Crippen LogP contribution in [0.2, 0.25) is 0 Å². The van der Waals surface area contributed by atoms with Gasteiger partial charge in [0.05, 0.1) is 31.7 Å². The molecule has 0 bridgehead atoms. The fourth-order valence-corrected chi connectivity index (χ4v) is 3.36. The molecule has 0 unspecified atom stereocenters. The average Bonchev–Trinajstić information content (AvgIpc) is 2.69. The summed E-state index contributed by atoms with van der Waals surface area (Å²) in [5, 5.41) is 9.05. The maximum Gasteiger partial charge on any atom is 0.335 e. The number of carboxylic acids is 1. The van der Waals surface area contributed by atoms with E-state index in [1.807, 2.05) is 4.90 Å². The number of piperazine rings is 1. The zero-order valence-electron chi connectivity index (χ0n) is 15.3. The van der Waals surface area contributed by atoms with Gasteiger partial charge >= 0.3 is 5.97 Å². The number of carbonyl (C=O) groups excluding carboxylic acids is 2. The summed E-state index contributed by atoms with van der Waals surface area (Å²) in [4.78, 5) is 41.6. The van der Waals surface area contributed by atoms with Crippen LogP contribution in [0.1, 0.15) is 15.9 Å². The number of aromatic carboxylic acids is 1. The second-order valence-electron chi connectivity index (χ2n) is 6.83. The van der Waals surface area contributed by atoms with Gasteiger partial charge in [0.2, 0.25) is 11.8 Å². The molecular weight excluding hydrogens is 350 g/mol. The summed E-state index contributed by atoms with van der Waals surface area (Å²) in [5.74, 6) is -0.951. The van der Waals surface area contributed by atoms with Gasteiger partial charge in [-0.3, -0.25) is 14.5 Å². The monoisotopic (exact) mass is 375 g/mol. The second-order valence-corrected chi connectivity index (χ2v) is 6.83. The molecular formula is C19H25N3O5. The van der Waals surface area contributed by atoms with E-state index in [1.54, 1.807) is 17.0 Å². The van der Waals surface area contributed by atoms with Gasteiger partial charge in [0.25, 0.3) is 0 Å². The lowest BCUT2D eigenvalue weighted by atomic mass is 10.1. The molecule has 0 aromatic heterocycles. The standard InChI is InChI=1S/C19H25N3O5/c23-17(13-15-2-1-3-16(12-15)19(25)26)21-4-6-22(7-5-21)18(24)14-20-8-10-27-11-9-20/h1-3,12H,4-11,13-14H2,(H,25,26). The van der Waals surface area contributed by atoms with Gasteiger partial charge in [-0.05, 0) is 17.7 Å². The fourth-order valence-electron chi connectivity index (χ4n) is 3.36. The van der Waals surface area contributed by atoms with Crippen LogP contribution in [0.5, 0.6) is 0 Å². The highest BCUT2D eigenvalue weighted by Crippen LogP contribution is 2.10. The van der Waals surface area contributed by atoms with E-state index in [0.29, 0.717) is 51.5 Å². The Morgan fingerprint density at radius 3 is 2.19 bits per heavy atom. The number of ether oxygens (including phenoxy) is 1. The molecule has 1 N–H and O–H groups in total. The third-order valence-electron chi connectivity index (χ3n) is 4.98. The number of hydrogen-bond donors (Lipinski definition) is 1. The zero-order valence-corrected chi connectivity index (χ0v) is 15.3. The Bertz CT molecular complexity index is 694. The van der Waals surface area contributed by atoms with Crippen molar-refractivity contribution in [3.05, 3.63) is 35.4 Å². The summed E-state index contributed by atoms with van der Waals surface area (Å²) >= 11 is 0. The summed E-state index contributed by atoms with van der Waals surface area (Å²) in [6.07, 6.45) is 0.169. The highest BCUT2D eigenvalue weighted by atomic mass is 16.5. The first-order valence-electron chi connectivity index (χ1n) is 9.21. The van der Waals surface area contributed by atoms with Crippen LogP contribution in [0, 0.1) is 0 Å². The molecule has 2 saturated heterocycles. The molecule has 27 heavy (non-hydrogen) atoms. The minimum atomic E-state index is -1.00. The van der Waals surface area contributed by atoms with Crippen molar-refractivity contribution in [3.8, 4) is 0 Å². The van der Waals surface area contributed by atoms with Gasteiger partial charge in [0.1, 0.15) is 0 Å². The van der Waals surface area contributed by atoms with E-state index in [4.69, 9.17) is 9.84 Å². The lowest BCUT2D eigenvalue weighted by Gasteiger charge is -2.36. The lowest BCUT2D eigenvalue weighted by molar-refractivity contribution is -0.140. The number of rotatable bonds is 5. The molecule has 8 nitrogen and oxygen atoms in total. The topological polar surface area (TPSA) is 90.4 Å². The van der Waals surface area contributed by atoms with Crippen molar-refractivity contribution < 1.29 is 24.2 Å². The number of benzene rings is 1. The molecule has 1 aromatic carbocycles. The normalized spacial score (nSPS) is 18.4. The Balaban J connectivity index is 1.46. The van der Waals surface area contributed by atoms with Crippen molar-refractivity contribution in [2.45, 2.75) is 6.42 Å². The van der Waals surface area contributed by atoms with Crippen molar-refractivity contribution in [1.29, 1.82) is 0 Å². The minimum absolute atomic E-state index is 0.0437. The van der Waals surface area contributed by atoms with E-state index in [1.165, 1.54) is 12.1 Å². The summed E-state index contributed by atoms with van der Waals surface area (Å²) < 4.78 is 5.29. The zero-order chi connectivity index (χ0) is 19.2. The van der Waals surface area contributed by atoms with E-state index >= 15 is 0 Å². The maximum absolute atomic E-state index is 12.5. The molecule has 0 aliphatic carbocycles. The Morgan fingerprint density at radius 1 is 0.926 bits per heavy atom. The van der Waals surface area contributed by atoms with Crippen LogP contribution in [0.15, 0.2) is 24.3 Å². The Hall–Kier alpha value is -2.45. The van der Waals surface area contributed by atoms with Crippen molar-refractivity contribution in [3.63, 3.8) is 0 Å². The molecule has 0 atom stereocenters. The molecule has 8 heteroatoms. The molecule has 2 aliphatic rings. The van der Waals surface area contributed by atoms with Crippen molar-refractivity contribution in [1.82, 2.24) is 14.7 Å². The van der Waals surface area contributed by atoms with Crippen LogP contribution in [0.3, 0.4) is 0 Å². The lowest BCUT2D eigenvalue weighted by Crippen LogP contribution is -2.53. The third kappa shape index (κ3) is 5.27. The minimum Gasteiger partial charge on any atom is -0.478 e. The number of hydrogen-bond acceptors (Lipinski definition) is 5. The van der Waals surface area contributed by atoms with Crippen molar-refractivity contribution in [2.24, 2.45) is 0 Å². The first-order chi connectivity index (χ1) is 13.0. The highest BCUT2D eigenvalue weighted by molar-refractivity contribution is 5.88. The molecule has 2 aliphatic heterocycles. The number of carboxylic acid groups (broad SMARTS) is 1. The van der Waals surface area contributed by atoms with E-state index in [2.05, 4.69) is 4.90 Å². The third-order valence-corrected chi connectivity index (χ3v) is 4.98. The van der Waals surface area contributed by atoms with E-state index < -0.39 is 5.97 Å². The number of morpholine rings is 1. The highest BCUT2D eigenvalue weighted by Gasteiger charge is 2.25. The second kappa shape index (κ2) is 8.96. The quantitative estimate of drug-likeness (QED) is 0.775. The molecule has 0 radical (unpaired) electrons. The summed E-state index contributed by atoms with van der Waals surface area (Å²) in [6, 6.07) is 6.44. The molecule has 1 aromatic rings. The number of carbonyl (C=O) groups is 3. The van der Waals surface area contributed by atoms with Gasteiger partial charge in [0, 0.05) is 39.3 Å². The maximum atomic E-state index is 12.5. The van der Waals surface area contributed by atoms with E-state index in [-0.39, 0.29) is 23.8 Å². The van der Waals surface area contributed by atoms with Crippen LogP contribution >= 0.6 is 0 Å². The number of amides is 2. The molecule has 2 heterocycles. The molecule has 146 valence electrons. The molecule has 2 fully saturated rings. The molecule has 0 saturated carbocycles. The van der Waals surface area contributed by atoms with Crippen molar-refractivity contribution >= 4 is 17.8 Å². The van der Waals surface area contributed by atoms with Crippen LogP contribution in [0.25, 0.3) is 0 Å². The van der Waals surface area contributed by atoms with Gasteiger partial charge < -0.3 is 19.6 Å². The molecule has 2 amide bonds. The largest absolute Gasteiger partial charge is 0.478 e. The predicted octanol–water partition coefficient (Wildman–Crippen LogP) is -0.0697. The van der Waals surface area contributed by atoms with Gasteiger partial charge in [0.15, 0.2) is 0 Å². The van der Waals surface area contributed by atoms with E-state index in [9.17, 15) is 14.4 Å². The Kier molecular flexibility index (Phi) is 6.41. The predicted molar refractivity (Wildman–Crippen MR) is 97.5 cm³/mol. The van der Waals surface area contributed by atoms with Gasteiger partial charge in [-0.15, -0.1) is 0 Å². The van der Waals surface area contributed by atoms with E-state index in [0.717, 1.165) is 13.1 Å². The summed E-state index contributed by atoms with van der Waals surface area (Å²) in [5.41, 5.74) is 0.865.